The van der Waals surface area contributed by atoms with Crippen LogP contribution in [0.5, 0.6) is 0 Å². The van der Waals surface area contributed by atoms with Crippen LogP contribution in [0.3, 0.4) is 0 Å². The molecule has 1 aliphatic rings. The van der Waals surface area contributed by atoms with Crippen LogP contribution < -0.4 is 5.32 Å². The third kappa shape index (κ3) is 5.42. The van der Waals surface area contributed by atoms with Crippen molar-refractivity contribution >= 4 is 55.9 Å². The molecule has 3 aromatic rings. The van der Waals surface area contributed by atoms with Crippen molar-refractivity contribution in [1.29, 1.82) is 0 Å². The van der Waals surface area contributed by atoms with Gasteiger partial charge >= 0.3 is 0 Å². The van der Waals surface area contributed by atoms with E-state index in [9.17, 15) is 13.2 Å². The van der Waals surface area contributed by atoms with Crippen molar-refractivity contribution in [3.05, 3.63) is 71.1 Å². The first kappa shape index (κ1) is 22.6. The predicted molar refractivity (Wildman–Crippen MR) is 127 cm³/mol. The maximum Gasteiger partial charge on any atom is 0.252 e. The number of carbonyl (C=O) groups is 1. The molecule has 4 rings (SSSR count). The third-order valence-corrected chi connectivity index (χ3v) is 8.63. The molecule has 0 radical (unpaired) electrons. The Morgan fingerprint density at radius 1 is 1.00 bits per heavy atom. The molecule has 1 amide bonds. The summed E-state index contributed by atoms with van der Waals surface area (Å²) in [6.07, 6.45) is 1.25. The van der Waals surface area contributed by atoms with Crippen molar-refractivity contribution in [2.24, 2.45) is 16.1 Å². The van der Waals surface area contributed by atoms with E-state index in [1.165, 1.54) is 10.4 Å². The van der Waals surface area contributed by atoms with E-state index in [-0.39, 0.29) is 16.7 Å². The molecule has 2 aromatic carbocycles. The lowest BCUT2D eigenvalue weighted by atomic mass is 9.98. The second-order valence-electron chi connectivity index (χ2n) is 7.33. The van der Waals surface area contributed by atoms with E-state index in [1.807, 2.05) is 30.3 Å². The molecule has 7 nitrogen and oxygen atoms in total. The fourth-order valence-corrected chi connectivity index (χ4v) is 6.57. The number of amides is 1. The molecule has 0 saturated carbocycles. The number of rotatable bonds is 6. The van der Waals surface area contributed by atoms with Crippen LogP contribution in [-0.2, 0) is 14.8 Å². The molecule has 0 aliphatic carbocycles. The van der Waals surface area contributed by atoms with Crippen LogP contribution >= 0.6 is 22.9 Å². The zero-order chi connectivity index (χ0) is 22.6. The van der Waals surface area contributed by atoms with Gasteiger partial charge in [-0.3, -0.25) is 4.79 Å². The molecular weight excluding hydrogens is 468 g/mol. The highest BCUT2D eigenvalue weighted by Gasteiger charge is 2.34. The van der Waals surface area contributed by atoms with Crippen LogP contribution in [-0.4, -0.2) is 31.7 Å². The maximum atomic E-state index is 12.9. The first-order valence-electron chi connectivity index (χ1n) is 10.0. The Kier molecular flexibility index (Phi) is 7.00. The molecule has 2 heterocycles. The lowest BCUT2D eigenvalue weighted by Crippen LogP contribution is -2.43. The van der Waals surface area contributed by atoms with Gasteiger partial charge in [-0.05, 0) is 61.4 Å². The van der Waals surface area contributed by atoms with Gasteiger partial charge in [-0.2, -0.15) is 14.5 Å². The Labute approximate surface area is 195 Å². The molecule has 166 valence electrons. The number of halogens is 1. The van der Waals surface area contributed by atoms with E-state index >= 15 is 0 Å². The number of piperidine rings is 1. The van der Waals surface area contributed by atoms with E-state index in [2.05, 4.69) is 15.5 Å². The molecule has 1 N–H and O–H groups in total. The van der Waals surface area contributed by atoms with E-state index < -0.39 is 15.9 Å². The van der Waals surface area contributed by atoms with Crippen molar-refractivity contribution in [2.75, 3.05) is 18.4 Å². The number of hydrogen-bond donors (Lipinski definition) is 1. The summed E-state index contributed by atoms with van der Waals surface area (Å²) in [5, 5.41) is 11.2. The van der Waals surface area contributed by atoms with Crippen molar-refractivity contribution < 1.29 is 13.2 Å². The van der Waals surface area contributed by atoms with Crippen molar-refractivity contribution in [1.82, 2.24) is 4.31 Å². The second kappa shape index (κ2) is 9.91. The Morgan fingerprint density at radius 2 is 1.69 bits per heavy atom. The monoisotopic (exact) mass is 488 g/mol. The molecule has 1 unspecified atom stereocenters. The van der Waals surface area contributed by atoms with Gasteiger partial charge in [0, 0.05) is 18.8 Å². The van der Waals surface area contributed by atoms with Gasteiger partial charge < -0.3 is 5.32 Å². The van der Waals surface area contributed by atoms with Crippen LogP contribution in [0.4, 0.5) is 17.1 Å². The SMILES string of the molecule is O=C(Nc1ccc(N=Nc2ccccc2)cc1)C1CCCN(S(=O)(=O)c2ccc(Cl)s2)C1. The van der Waals surface area contributed by atoms with Gasteiger partial charge in [-0.25, -0.2) is 8.42 Å². The molecule has 1 aromatic heterocycles. The van der Waals surface area contributed by atoms with Gasteiger partial charge in [0.2, 0.25) is 5.91 Å². The molecular formula is C22H21ClN4O3S2. The topological polar surface area (TPSA) is 91.2 Å². The average Bonchev–Trinajstić information content (AvgIpc) is 3.26. The second-order valence-corrected chi connectivity index (χ2v) is 11.2. The highest BCUT2D eigenvalue weighted by molar-refractivity contribution is 7.91. The van der Waals surface area contributed by atoms with Crippen LogP contribution in [0.15, 0.2) is 81.2 Å². The number of azo groups is 1. The first-order valence-corrected chi connectivity index (χ1v) is 12.7. The highest BCUT2D eigenvalue weighted by Crippen LogP contribution is 2.31. The summed E-state index contributed by atoms with van der Waals surface area (Å²) < 4.78 is 27.7. The lowest BCUT2D eigenvalue weighted by Gasteiger charge is -2.30. The Bertz CT molecular complexity index is 1210. The lowest BCUT2D eigenvalue weighted by molar-refractivity contribution is -0.120. The number of nitrogens with zero attached hydrogens (tertiary/aromatic N) is 3. The summed E-state index contributed by atoms with van der Waals surface area (Å²) in [4.78, 5) is 12.8. The van der Waals surface area contributed by atoms with Crippen LogP contribution in [0.2, 0.25) is 4.34 Å². The Morgan fingerprint density at radius 3 is 2.34 bits per heavy atom. The summed E-state index contributed by atoms with van der Waals surface area (Å²) in [5.74, 6) is -0.626. The summed E-state index contributed by atoms with van der Waals surface area (Å²) in [7, 11) is -3.65. The fraction of sp³-hybridized carbons (Fsp3) is 0.227. The normalized spacial score (nSPS) is 17.5. The van der Waals surface area contributed by atoms with Crippen LogP contribution in [0.1, 0.15) is 12.8 Å². The Balaban J connectivity index is 1.37. The number of nitrogens with one attached hydrogen (secondary N) is 1. The standard InChI is InChI=1S/C22H21ClN4O3S2/c23-20-12-13-21(31-20)32(29,30)27-14-4-5-16(15-27)22(28)24-17-8-10-19(11-9-17)26-25-18-6-2-1-3-7-18/h1-3,6-13,16H,4-5,14-15H2,(H,24,28). The number of hydrogen-bond acceptors (Lipinski definition) is 6. The number of thiophene rings is 1. The van der Waals surface area contributed by atoms with Gasteiger partial charge in [-0.15, -0.1) is 11.3 Å². The fourth-order valence-electron chi connectivity index (χ4n) is 3.40. The van der Waals surface area contributed by atoms with Crippen molar-refractivity contribution in [2.45, 2.75) is 17.1 Å². The minimum Gasteiger partial charge on any atom is -0.326 e. The highest BCUT2D eigenvalue weighted by atomic mass is 35.5. The molecule has 1 aliphatic heterocycles. The van der Waals surface area contributed by atoms with Crippen LogP contribution in [0.25, 0.3) is 0 Å². The summed E-state index contributed by atoms with van der Waals surface area (Å²) in [5.41, 5.74) is 2.04. The quantitative estimate of drug-likeness (QED) is 0.441. The largest absolute Gasteiger partial charge is 0.326 e. The van der Waals surface area contributed by atoms with Gasteiger partial charge in [0.25, 0.3) is 10.0 Å². The van der Waals surface area contributed by atoms with E-state index in [1.54, 1.807) is 30.3 Å². The van der Waals surface area contributed by atoms with Gasteiger partial charge in [0.05, 0.1) is 21.6 Å². The van der Waals surface area contributed by atoms with Crippen LogP contribution in [0, 0.1) is 5.92 Å². The zero-order valence-corrected chi connectivity index (χ0v) is 19.4. The molecule has 1 atom stereocenters. The minimum absolute atomic E-state index is 0.146. The molecule has 32 heavy (non-hydrogen) atoms. The predicted octanol–water partition coefficient (Wildman–Crippen LogP) is 5.86. The number of anilines is 1. The van der Waals surface area contributed by atoms with Crippen molar-refractivity contribution in [3.8, 4) is 0 Å². The first-order chi connectivity index (χ1) is 15.4. The van der Waals surface area contributed by atoms with E-state index in [0.29, 0.717) is 35.1 Å². The average molecular weight is 489 g/mol. The smallest absolute Gasteiger partial charge is 0.252 e. The molecule has 0 bridgehead atoms. The van der Waals surface area contributed by atoms with Gasteiger partial charge in [-0.1, -0.05) is 29.8 Å². The van der Waals surface area contributed by atoms with E-state index in [0.717, 1.165) is 17.0 Å². The number of carbonyl (C=O) groups excluding carboxylic acids is 1. The summed E-state index contributed by atoms with van der Waals surface area (Å²) in [6.45, 7) is 0.538. The number of benzene rings is 2. The third-order valence-electron chi connectivity index (χ3n) is 5.07. The van der Waals surface area contributed by atoms with Gasteiger partial charge in [0.1, 0.15) is 4.21 Å². The maximum absolute atomic E-state index is 12.9. The Hall–Kier alpha value is -2.59. The molecule has 1 saturated heterocycles. The van der Waals surface area contributed by atoms with Crippen molar-refractivity contribution in [3.63, 3.8) is 0 Å². The van der Waals surface area contributed by atoms with Gasteiger partial charge in [0.15, 0.2) is 0 Å². The zero-order valence-electron chi connectivity index (χ0n) is 17.0. The summed E-state index contributed by atoms with van der Waals surface area (Å²) in [6, 6.07) is 19.5. The molecule has 0 spiro atoms. The summed E-state index contributed by atoms with van der Waals surface area (Å²) >= 11 is 6.92. The molecule has 10 heteroatoms. The molecule has 1 fully saturated rings. The van der Waals surface area contributed by atoms with E-state index in [4.69, 9.17) is 11.6 Å². The minimum atomic E-state index is -3.65. The number of sulfonamides is 1.